The first-order valence-electron chi connectivity index (χ1n) is 20.1. The van der Waals surface area contributed by atoms with Crippen LogP contribution in [0.1, 0.15) is 51.5 Å². The van der Waals surface area contributed by atoms with Crippen LogP contribution < -0.4 is 9.64 Å². The smallest absolute Gasteiger partial charge is 0.318 e. The lowest BCUT2D eigenvalue weighted by Gasteiger charge is -2.35. The van der Waals surface area contributed by atoms with Crippen molar-refractivity contribution in [1.82, 2.24) is 29.7 Å². The Morgan fingerprint density at radius 2 is 1.79 bits per heavy atom. The molecule has 0 radical (unpaired) electrons. The Labute approximate surface area is 332 Å². The lowest BCUT2D eigenvalue weighted by molar-refractivity contribution is -0.126. The Bertz CT molecular complexity index is 2110. The van der Waals surface area contributed by atoms with E-state index in [9.17, 15) is 13.6 Å². The molecule has 57 heavy (non-hydrogen) atoms. The summed E-state index contributed by atoms with van der Waals surface area (Å²) in [6, 6.07) is 11.9. The van der Waals surface area contributed by atoms with Crippen LogP contribution in [-0.4, -0.2) is 126 Å². The number of fused-ring (bicyclic) bond motifs is 5. The molecule has 5 aliphatic rings. The molecule has 7 heterocycles. The van der Waals surface area contributed by atoms with Crippen LogP contribution >= 0.6 is 0 Å². The first-order valence-corrected chi connectivity index (χ1v) is 20.1. The molecule has 4 aromatic rings. The highest BCUT2D eigenvalue weighted by Crippen LogP contribution is 2.37. The van der Waals surface area contributed by atoms with E-state index in [0.29, 0.717) is 85.0 Å². The van der Waals surface area contributed by atoms with Gasteiger partial charge in [0.05, 0.1) is 31.8 Å². The first kappa shape index (κ1) is 40.4. The summed E-state index contributed by atoms with van der Waals surface area (Å²) >= 11 is 0. The highest BCUT2D eigenvalue weighted by Gasteiger charge is 2.37. The standard InChI is InChI=1S/C34H36F2N6O3.C7H12FN.C2H3N/c1-3-24-27(35)12-9-21-6-4-7-25(29(21)24)31-30(36)32-26(18-37-31)33(39-34(38-32)44-2)41-16-14-40(15-17-41)28(43)8-5-13-42-22-10-11-23(42)20-45-19-22;8-6-4-7-2-1-3-9(7)5-6;1-2-3/h4-9,12,18,22-23H,3,10-11,13-17,19-20H2,1-2H3;6-7H,1-5H2;1H3/b8-5+;;/t22-,23+;;. The summed E-state index contributed by atoms with van der Waals surface area (Å²) in [6.45, 7) is 9.47. The van der Waals surface area contributed by atoms with Gasteiger partial charge >= 0.3 is 6.01 Å². The van der Waals surface area contributed by atoms with Gasteiger partial charge in [0.15, 0.2) is 5.82 Å². The molecule has 2 bridgehead atoms. The van der Waals surface area contributed by atoms with Crippen molar-refractivity contribution in [3.8, 4) is 23.3 Å². The third-order valence-electron chi connectivity index (χ3n) is 11.8. The minimum Gasteiger partial charge on any atom is -0.467 e. The molecule has 0 spiro atoms. The average Bonchev–Trinajstić information content (AvgIpc) is 3.87. The molecule has 2 unspecified atom stereocenters. The van der Waals surface area contributed by atoms with Gasteiger partial charge in [0, 0.05) is 82.2 Å². The van der Waals surface area contributed by atoms with Crippen LogP contribution in [0.25, 0.3) is 32.9 Å². The van der Waals surface area contributed by atoms with Gasteiger partial charge in [-0.25, -0.2) is 13.2 Å². The zero-order valence-corrected chi connectivity index (χ0v) is 33.0. The molecule has 0 N–H and O–H groups in total. The summed E-state index contributed by atoms with van der Waals surface area (Å²) < 4.78 is 54.8. The number of hydrogen-bond acceptors (Lipinski definition) is 10. The van der Waals surface area contributed by atoms with Crippen LogP contribution in [0.3, 0.4) is 0 Å². The monoisotopic (exact) mass is 784 g/mol. The molecular weight excluding hydrogens is 734 g/mol. The number of pyridine rings is 1. The minimum absolute atomic E-state index is 0.0179. The number of alkyl halides is 1. The Balaban J connectivity index is 0.000000354. The number of benzene rings is 2. The van der Waals surface area contributed by atoms with Crippen LogP contribution in [-0.2, 0) is 16.0 Å². The Kier molecular flexibility index (Phi) is 12.9. The lowest BCUT2D eigenvalue weighted by atomic mass is 9.95. The van der Waals surface area contributed by atoms with Gasteiger partial charge < -0.3 is 19.3 Å². The van der Waals surface area contributed by atoms with E-state index in [2.05, 4.69) is 24.8 Å². The second-order valence-electron chi connectivity index (χ2n) is 15.2. The van der Waals surface area contributed by atoms with E-state index in [0.717, 1.165) is 51.0 Å². The average molecular weight is 785 g/mol. The quantitative estimate of drug-likeness (QED) is 0.193. The summed E-state index contributed by atoms with van der Waals surface area (Å²) in [5, 5.41) is 9.21. The number of amides is 1. The van der Waals surface area contributed by atoms with Gasteiger partial charge in [-0.05, 0) is 67.5 Å². The third-order valence-corrected chi connectivity index (χ3v) is 11.8. The number of rotatable bonds is 7. The van der Waals surface area contributed by atoms with Gasteiger partial charge in [0.1, 0.15) is 29.0 Å². The minimum atomic E-state index is -0.624. The predicted octanol–water partition coefficient (Wildman–Crippen LogP) is 6.48. The van der Waals surface area contributed by atoms with E-state index >= 15 is 4.39 Å². The Morgan fingerprint density at radius 3 is 2.49 bits per heavy atom. The first-order chi connectivity index (χ1) is 27.7. The molecule has 0 aliphatic carbocycles. The second kappa shape index (κ2) is 18.2. The number of nitrogens with zero attached hydrogens (tertiary/aromatic N) is 8. The summed E-state index contributed by atoms with van der Waals surface area (Å²) in [7, 11) is 1.44. The maximum absolute atomic E-state index is 16.4. The fourth-order valence-corrected chi connectivity index (χ4v) is 9.07. The van der Waals surface area contributed by atoms with Gasteiger partial charge in [0.25, 0.3) is 0 Å². The van der Waals surface area contributed by atoms with Gasteiger partial charge in [0.2, 0.25) is 5.91 Å². The van der Waals surface area contributed by atoms with Crippen molar-refractivity contribution in [2.24, 2.45) is 0 Å². The van der Waals surface area contributed by atoms with Crippen LogP contribution in [0.15, 0.2) is 48.7 Å². The van der Waals surface area contributed by atoms with E-state index in [1.165, 1.54) is 32.9 Å². The molecule has 9 rings (SSSR count). The van der Waals surface area contributed by atoms with E-state index in [1.54, 1.807) is 30.5 Å². The lowest BCUT2D eigenvalue weighted by Crippen LogP contribution is -2.49. The number of aromatic nitrogens is 3. The summed E-state index contributed by atoms with van der Waals surface area (Å²) in [4.78, 5) is 35.0. The van der Waals surface area contributed by atoms with Crippen LogP contribution in [0.5, 0.6) is 6.01 Å². The normalized spacial score (nSPS) is 23.2. The molecule has 5 saturated heterocycles. The van der Waals surface area contributed by atoms with Crippen molar-refractivity contribution in [1.29, 1.82) is 5.26 Å². The molecular formula is C43H51F3N8O3. The largest absolute Gasteiger partial charge is 0.467 e. The van der Waals surface area contributed by atoms with Gasteiger partial charge in [-0.2, -0.15) is 15.2 Å². The number of carbonyl (C=O) groups excluding carboxylic acids is 1. The molecule has 14 heteroatoms. The molecule has 5 fully saturated rings. The molecule has 4 atom stereocenters. The number of nitriles is 1. The van der Waals surface area contributed by atoms with E-state index < -0.39 is 12.0 Å². The molecule has 0 saturated carbocycles. The fourth-order valence-electron chi connectivity index (χ4n) is 9.07. The van der Waals surface area contributed by atoms with Crippen molar-refractivity contribution in [2.75, 3.05) is 71.0 Å². The number of morpholine rings is 1. The van der Waals surface area contributed by atoms with Crippen molar-refractivity contribution >= 4 is 33.4 Å². The number of carbonyl (C=O) groups is 1. The Hall–Kier alpha value is -4.84. The van der Waals surface area contributed by atoms with Crippen molar-refractivity contribution < 1.29 is 27.4 Å². The maximum Gasteiger partial charge on any atom is 0.318 e. The SMILES string of the molecule is CC#N.CCc1c(F)ccc2cccc(-c3ncc4c(N5CCN(C(=O)/C=C/CN6[C@@H]7CC[C@H]6COC7)CC5)nc(OC)nc4c3F)c12.FC1CC2CCCN2C1. The Morgan fingerprint density at radius 1 is 1.04 bits per heavy atom. The highest BCUT2D eigenvalue weighted by atomic mass is 19.1. The number of anilines is 1. The predicted molar refractivity (Wildman–Crippen MR) is 214 cm³/mol. The van der Waals surface area contributed by atoms with E-state index in [4.69, 9.17) is 14.7 Å². The van der Waals surface area contributed by atoms with Gasteiger partial charge in [-0.15, -0.1) is 0 Å². The molecule has 1 amide bonds. The van der Waals surface area contributed by atoms with Gasteiger partial charge in [-0.3, -0.25) is 19.6 Å². The molecule has 302 valence electrons. The second-order valence-corrected chi connectivity index (χ2v) is 15.2. The van der Waals surface area contributed by atoms with Crippen molar-refractivity contribution in [2.45, 2.75) is 76.7 Å². The van der Waals surface area contributed by atoms with Crippen molar-refractivity contribution in [3.63, 3.8) is 0 Å². The number of piperazine rings is 1. The highest BCUT2D eigenvalue weighted by molar-refractivity contribution is 6.01. The topological polar surface area (TPSA) is 111 Å². The van der Waals surface area contributed by atoms with Gasteiger partial charge in [-0.1, -0.05) is 37.3 Å². The number of ether oxygens (including phenoxy) is 2. The zero-order chi connectivity index (χ0) is 40.1. The summed E-state index contributed by atoms with van der Waals surface area (Å²) in [5.41, 5.74) is 1.18. The number of halogens is 3. The van der Waals surface area contributed by atoms with E-state index in [1.807, 2.05) is 34.9 Å². The molecule has 2 aromatic carbocycles. The number of methoxy groups -OCH3 is 1. The van der Waals surface area contributed by atoms with Crippen molar-refractivity contribution in [3.05, 3.63) is 65.9 Å². The van der Waals surface area contributed by atoms with Crippen LogP contribution in [0, 0.1) is 23.0 Å². The third kappa shape index (κ3) is 8.56. The molecule has 2 aromatic heterocycles. The zero-order valence-electron chi connectivity index (χ0n) is 33.0. The summed E-state index contributed by atoms with van der Waals surface area (Å²) in [6.07, 6.45) is 10.8. The maximum atomic E-state index is 16.4. The number of aryl methyl sites for hydroxylation is 1. The summed E-state index contributed by atoms with van der Waals surface area (Å²) in [5.74, 6) is -0.475. The van der Waals surface area contributed by atoms with Crippen LogP contribution in [0.2, 0.25) is 0 Å². The number of hydrogen-bond donors (Lipinski definition) is 0. The fraction of sp³-hybridized carbons (Fsp3) is 0.512. The molecule has 11 nitrogen and oxygen atoms in total. The van der Waals surface area contributed by atoms with E-state index in [-0.39, 0.29) is 28.9 Å². The van der Waals surface area contributed by atoms with Crippen LogP contribution in [0.4, 0.5) is 19.0 Å². The molecule has 5 aliphatic heterocycles.